The molecule has 17 rings (SSSR count). The predicted octanol–water partition coefficient (Wildman–Crippen LogP) is 16.6. The van der Waals surface area contributed by atoms with Crippen molar-refractivity contribution >= 4 is 142 Å². The second kappa shape index (κ2) is 13.1. The quantitative estimate of drug-likeness (QED) is 0.176. The van der Waals surface area contributed by atoms with Crippen LogP contribution >= 0.6 is 0 Å². The molecule has 0 aliphatic rings. The van der Waals surface area contributed by atoms with Gasteiger partial charge < -0.3 is 17.8 Å². The molecule has 0 unspecified atom stereocenters. The Labute approximate surface area is 395 Å². The summed E-state index contributed by atoms with van der Waals surface area (Å²) in [5, 5.41) is 25.7. The molecule has 0 spiro atoms. The molecule has 0 aliphatic heterocycles. The van der Waals surface area contributed by atoms with Crippen LogP contribution in [0.4, 0.5) is 0 Å². The Hall–Kier alpha value is -9.66. The first-order chi connectivity index (χ1) is 34.7. The largest absolute Gasteiger partial charge is 0.456 e. The number of aromatic nitrogens is 5. The van der Waals surface area contributed by atoms with E-state index in [2.05, 4.69) is 177 Å². The van der Waals surface area contributed by atoms with Crippen LogP contribution in [0.15, 0.2) is 213 Å². The molecule has 0 bridgehead atoms. The van der Waals surface area contributed by atoms with E-state index in [0.717, 1.165) is 159 Å². The molecule has 324 valence electrons. The third-order valence-corrected chi connectivity index (χ3v) is 14.9. The summed E-state index contributed by atoms with van der Waals surface area (Å²) in [5.41, 5.74) is 12.5. The van der Waals surface area contributed by atoms with Crippen LogP contribution in [-0.2, 0) is 0 Å². The number of fused-ring (bicyclic) bond motifs is 19. The van der Waals surface area contributed by atoms with E-state index in [9.17, 15) is 0 Å². The van der Waals surface area contributed by atoms with E-state index in [0.29, 0.717) is 0 Å². The minimum atomic E-state index is 0.729. The number of hydrogen-bond donors (Lipinski definition) is 0. The monoisotopic (exact) mass is 895 g/mol. The van der Waals surface area contributed by atoms with E-state index in [4.69, 9.17) is 23.4 Å². The summed E-state index contributed by atoms with van der Waals surface area (Å²) in [5.74, 6) is 1.47. The van der Waals surface area contributed by atoms with Gasteiger partial charge in [-0.05, 0) is 91.0 Å². The highest BCUT2D eigenvalue weighted by Crippen LogP contribution is 2.44. The fraction of sp³-hybridized carbons (Fsp3) is 0. The lowest BCUT2D eigenvalue weighted by atomic mass is 10.1. The van der Waals surface area contributed by atoms with E-state index in [-0.39, 0.29) is 0 Å². The topological polar surface area (TPSA) is 80.0 Å². The summed E-state index contributed by atoms with van der Waals surface area (Å²) >= 11 is 0. The van der Waals surface area contributed by atoms with E-state index in [1.165, 1.54) is 0 Å². The van der Waals surface area contributed by atoms with Crippen molar-refractivity contribution in [2.45, 2.75) is 0 Å². The zero-order valence-corrected chi connectivity index (χ0v) is 37.0. The van der Waals surface area contributed by atoms with Gasteiger partial charge in [-0.1, -0.05) is 109 Å². The molecule has 7 heterocycles. The van der Waals surface area contributed by atoms with Crippen LogP contribution in [0.1, 0.15) is 0 Å². The maximum absolute atomic E-state index is 6.49. The Balaban J connectivity index is 1.02. The van der Waals surface area contributed by atoms with E-state index >= 15 is 0 Å². The van der Waals surface area contributed by atoms with Crippen LogP contribution in [0.3, 0.4) is 0 Å². The lowest BCUT2D eigenvalue weighted by molar-refractivity contribution is 0.669. The number of furan rings is 3. The maximum atomic E-state index is 6.49. The van der Waals surface area contributed by atoms with Crippen molar-refractivity contribution in [3.63, 3.8) is 0 Å². The number of nitrogens with zero attached hydrogens (tertiary/aromatic N) is 5. The molecular formula is C62H33N5O3. The first kappa shape index (κ1) is 36.5. The van der Waals surface area contributed by atoms with Crippen LogP contribution in [0.2, 0.25) is 0 Å². The van der Waals surface area contributed by atoms with Gasteiger partial charge in [-0.2, -0.15) is 0 Å². The molecule has 8 heteroatoms. The van der Waals surface area contributed by atoms with Crippen molar-refractivity contribution in [2.75, 3.05) is 0 Å². The molecule has 7 aromatic heterocycles. The van der Waals surface area contributed by atoms with Gasteiger partial charge in [-0.3, -0.25) is 9.13 Å². The SMILES string of the molecule is c1ccc2c(c1)oc1cc3c4ccccc4n(-c4ccc5c(-n6c7ccccc7c7cc8oc9ccccc9c8cc76)nnc(-n6c7ccccc7c7cc8oc9ccccc9c8cc76)c5c4)c3cc12. The molecule has 17 aromatic rings. The van der Waals surface area contributed by atoms with Gasteiger partial charge in [-0.15, -0.1) is 10.2 Å². The van der Waals surface area contributed by atoms with Gasteiger partial charge in [0.2, 0.25) is 0 Å². The van der Waals surface area contributed by atoms with Crippen LogP contribution in [0, 0.1) is 0 Å². The minimum Gasteiger partial charge on any atom is -0.456 e. The zero-order chi connectivity index (χ0) is 45.3. The molecule has 0 radical (unpaired) electrons. The van der Waals surface area contributed by atoms with Crippen molar-refractivity contribution < 1.29 is 13.3 Å². The Morgan fingerprint density at radius 2 is 0.586 bits per heavy atom. The van der Waals surface area contributed by atoms with Crippen LogP contribution in [0.5, 0.6) is 0 Å². The zero-order valence-electron chi connectivity index (χ0n) is 37.0. The van der Waals surface area contributed by atoms with Gasteiger partial charge in [0.25, 0.3) is 0 Å². The number of para-hydroxylation sites is 6. The average molecular weight is 896 g/mol. The summed E-state index contributed by atoms with van der Waals surface area (Å²) in [4.78, 5) is 0. The van der Waals surface area contributed by atoms with Crippen molar-refractivity contribution in [3.05, 3.63) is 200 Å². The summed E-state index contributed by atoms with van der Waals surface area (Å²) in [6, 6.07) is 70.8. The van der Waals surface area contributed by atoms with Gasteiger partial charge in [0.1, 0.15) is 33.5 Å². The molecule has 70 heavy (non-hydrogen) atoms. The first-order valence-corrected chi connectivity index (χ1v) is 23.6. The predicted molar refractivity (Wildman–Crippen MR) is 284 cm³/mol. The Morgan fingerprint density at radius 3 is 1.03 bits per heavy atom. The molecule has 0 saturated carbocycles. The highest BCUT2D eigenvalue weighted by Gasteiger charge is 2.25. The minimum absolute atomic E-state index is 0.729. The van der Waals surface area contributed by atoms with E-state index in [1.807, 2.05) is 36.4 Å². The van der Waals surface area contributed by atoms with Crippen molar-refractivity contribution in [1.82, 2.24) is 23.9 Å². The van der Waals surface area contributed by atoms with E-state index < -0.39 is 0 Å². The van der Waals surface area contributed by atoms with Crippen molar-refractivity contribution in [2.24, 2.45) is 0 Å². The van der Waals surface area contributed by atoms with Gasteiger partial charge in [0, 0.05) is 81.1 Å². The fourth-order valence-corrected chi connectivity index (χ4v) is 11.9. The standard InChI is InChI=1S/C62H33N5O3/c1-7-19-49-35(13-1)42-31-58-45(38-16-4-10-22-55(38)68-58)28-52(42)65(49)34-25-26-41-48(27-34)62(67-51-21-9-3-15-37(51)44-33-60-47(30-54(44)67)40-18-6-12-24-57(40)70-60)64-63-61(41)66-50-20-8-2-14-36(50)43-32-59-46(29-53(43)66)39-17-5-11-23-56(39)69-59/h1-33H. The second-order valence-electron chi connectivity index (χ2n) is 18.5. The van der Waals surface area contributed by atoms with Gasteiger partial charge in [0.05, 0.1) is 33.1 Å². The van der Waals surface area contributed by atoms with Gasteiger partial charge >= 0.3 is 0 Å². The van der Waals surface area contributed by atoms with E-state index in [1.54, 1.807) is 0 Å². The lowest BCUT2D eigenvalue weighted by Crippen LogP contribution is -2.07. The number of hydrogen-bond acceptors (Lipinski definition) is 5. The second-order valence-corrected chi connectivity index (χ2v) is 18.5. The number of rotatable bonds is 3. The highest BCUT2D eigenvalue weighted by molar-refractivity contribution is 6.21. The third-order valence-electron chi connectivity index (χ3n) is 14.9. The van der Waals surface area contributed by atoms with Gasteiger partial charge in [0.15, 0.2) is 11.6 Å². The molecule has 10 aromatic carbocycles. The highest BCUT2D eigenvalue weighted by atomic mass is 16.3. The smallest absolute Gasteiger partial charge is 0.168 e. The van der Waals surface area contributed by atoms with Crippen LogP contribution in [0.25, 0.3) is 159 Å². The number of benzene rings is 10. The molecule has 0 N–H and O–H groups in total. The van der Waals surface area contributed by atoms with Crippen LogP contribution < -0.4 is 0 Å². The molecule has 8 nitrogen and oxygen atoms in total. The molecule has 0 amide bonds. The third kappa shape index (κ3) is 4.69. The summed E-state index contributed by atoms with van der Waals surface area (Å²) in [6.07, 6.45) is 0. The lowest BCUT2D eigenvalue weighted by Gasteiger charge is -2.16. The molecule has 0 aliphatic carbocycles. The molecule has 0 saturated heterocycles. The molecule has 0 fully saturated rings. The average Bonchev–Trinajstić information content (AvgIpc) is 4.25. The van der Waals surface area contributed by atoms with Crippen LogP contribution in [-0.4, -0.2) is 23.9 Å². The summed E-state index contributed by atoms with van der Waals surface area (Å²) in [7, 11) is 0. The van der Waals surface area contributed by atoms with Crippen molar-refractivity contribution in [3.8, 4) is 17.3 Å². The summed E-state index contributed by atoms with van der Waals surface area (Å²) < 4.78 is 26.4. The molecule has 0 atom stereocenters. The van der Waals surface area contributed by atoms with Crippen molar-refractivity contribution in [1.29, 1.82) is 0 Å². The Morgan fingerprint density at radius 1 is 0.229 bits per heavy atom. The summed E-state index contributed by atoms with van der Waals surface area (Å²) in [6.45, 7) is 0. The Bertz CT molecular complexity index is 5150. The maximum Gasteiger partial charge on any atom is 0.168 e. The Kier molecular flexibility index (Phi) is 6.80. The van der Waals surface area contributed by atoms with Gasteiger partial charge in [-0.25, -0.2) is 0 Å². The normalized spacial score (nSPS) is 12.6. The molecular weight excluding hydrogens is 863 g/mol. The fourth-order valence-electron chi connectivity index (χ4n) is 11.9. The first-order valence-electron chi connectivity index (χ1n) is 23.6.